The van der Waals surface area contributed by atoms with Gasteiger partial charge in [-0.1, -0.05) is 25.1 Å². The van der Waals surface area contributed by atoms with E-state index in [0.29, 0.717) is 6.61 Å². The van der Waals surface area contributed by atoms with E-state index in [2.05, 4.69) is 11.9 Å². The molecule has 1 aromatic heterocycles. The van der Waals surface area contributed by atoms with Gasteiger partial charge in [-0.2, -0.15) is 0 Å². The van der Waals surface area contributed by atoms with Crippen molar-refractivity contribution >= 4 is 35.1 Å². The van der Waals surface area contributed by atoms with Crippen LogP contribution in [0.2, 0.25) is 0 Å². The standard InChI is InChI=1S/C11H15NO2S2/c1-3-4-7-14-10(13)6-5-9-8-12-11(15-2)16-9/h5-6,8H,3-4,7H2,1-2H3/b6-5+. The quantitative estimate of drug-likeness (QED) is 0.339. The summed E-state index contributed by atoms with van der Waals surface area (Å²) in [4.78, 5) is 16.4. The summed E-state index contributed by atoms with van der Waals surface area (Å²) < 4.78 is 5.99. The van der Waals surface area contributed by atoms with Crippen LogP contribution in [-0.4, -0.2) is 23.8 Å². The van der Waals surface area contributed by atoms with E-state index in [0.717, 1.165) is 22.1 Å². The molecule has 0 bridgehead atoms. The Morgan fingerprint density at radius 1 is 1.69 bits per heavy atom. The minimum Gasteiger partial charge on any atom is -0.463 e. The number of hydrogen-bond donors (Lipinski definition) is 0. The van der Waals surface area contributed by atoms with E-state index in [1.807, 2.05) is 6.26 Å². The lowest BCUT2D eigenvalue weighted by Gasteiger charge is -1.98. The van der Waals surface area contributed by atoms with Crippen molar-refractivity contribution in [2.75, 3.05) is 12.9 Å². The van der Waals surface area contributed by atoms with E-state index in [1.165, 1.54) is 6.08 Å². The summed E-state index contributed by atoms with van der Waals surface area (Å²) in [7, 11) is 0. The zero-order valence-corrected chi connectivity index (χ0v) is 11.1. The van der Waals surface area contributed by atoms with Crippen molar-refractivity contribution in [2.24, 2.45) is 0 Å². The van der Waals surface area contributed by atoms with Gasteiger partial charge >= 0.3 is 5.97 Å². The highest BCUT2D eigenvalue weighted by atomic mass is 32.2. The van der Waals surface area contributed by atoms with E-state index in [4.69, 9.17) is 4.74 Å². The molecule has 0 saturated heterocycles. The van der Waals surface area contributed by atoms with Crippen LogP contribution in [0.25, 0.3) is 6.08 Å². The number of aromatic nitrogens is 1. The number of thioether (sulfide) groups is 1. The minimum atomic E-state index is -0.285. The van der Waals surface area contributed by atoms with Gasteiger partial charge in [0, 0.05) is 17.2 Å². The van der Waals surface area contributed by atoms with Gasteiger partial charge < -0.3 is 4.74 Å². The number of unbranched alkanes of at least 4 members (excludes halogenated alkanes) is 1. The summed E-state index contributed by atoms with van der Waals surface area (Å²) in [5.41, 5.74) is 0. The molecule has 1 rings (SSSR count). The smallest absolute Gasteiger partial charge is 0.330 e. The highest BCUT2D eigenvalue weighted by Gasteiger charge is 1.99. The first kappa shape index (κ1) is 13.3. The maximum absolute atomic E-state index is 11.2. The van der Waals surface area contributed by atoms with E-state index in [-0.39, 0.29) is 5.97 Å². The number of carbonyl (C=O) groups excluding carboxylic acids is 1. The van der Waals surface area contributed by atoms with Crippen molar-refractivity contribution < 1.29 is 9.53 Å². The number of nitrogens with zero attached hydrogens (tertiary/aromatic N) is 1. The first-order valence-corrected chi connectivity index (χ1v) is 7.15. The van der Waals surface area contributed by atoms with Crippen molar-refractivity contribution in [2.45, 2.75) is 24.1 Å². The summed E-state index contributed by atoms with van der Waals surface area (Å²) in [6, 6.07) is 0. The minimum absolute atomic E-state index is 0.285. The van der Waals surface area contributed by atoms with E-state index >= 15 is 0 Å². The number of hydrogen-bond acceptors (Lipinski definition) is 5. The molecule has 88 valence electrons. The van der Waals surface area contributed by atoms with E-state index in [1.54, 1.807) is 35.4 Å². The summed E-state index contributed by atoms with van der Waals surface area (Å²) in [6.07, 6.45) is 8.87. The fourth-order valence-electron chi connectivity index (χ4n) is 0.957. The molecule has 0 amide bonds. The lowest BCUT2D eigenvalue weighted by molar-refractivity contribution is -0.137. The van der Waals surface area contributed by atoms with Crippen LogP contribution in [-0.2, 0) is 9.53 Å². The fraction of sp³-hybridized carbons (Fsp3) is 0.455. The summed E-state index contributed by atoms with van der Waals surface area (Å²) in [5.74, 6) is -0.285. The van der Waals surface area contributed by atoms with Gasteiger partial charge in [-0.05, 0) is 18.8 Å². The number of ether oxygens (including phenoxy) is 1. The molecule has 0 radical (unpaired) electrons. The lowest BCUT2D eigenvalue weighted by Crippen LogP contribution is -2.01. The Hall–Kier alpha value is -0.810. The van der Waals surface area contributed by atoms with Gasteiger partial charge in [-0.15, -0.1) is 11.3 Å². The van der Waals surface area contributed by atoms with Crippen LogP contribution >= 0.6 is 23.1 Å². The van der Waals surface area contributed by atoms with Crippen LogP contribution in [0.5, 0.6) is 0 Å². The number of rotatable bonds is 6. The molecule has 0 unspecified atom stereocenters. The van der Waals surface area contributed by atoms with Gasteiger partial charge in [-0.3, -0.25) is 0 Å². The van der Waals surface area contributed by atoms with Crippen molar-refractivity contribution in [3.8, 4) is 0 Å². The van der Waals surface area contributed by atoms with Crippen molar-refractivity contribution in [3.05, 3.63) is 17.2 Å². The van der Waals surface area contributed by atoms with E-state index in [9.17, 15) is 4.79 Å². The maximum atomic E-state index is 11.2. The lowest BCUT2D eigenvalue weighted by atomic mass is 10.4. The predicted octanol–water partition coefficient (Wildman–Crippen LogP) is 3.22. The van der Waals surface area contributed by atoms with Crippen LogP contribution in [0.1, 0.15) is 24.6 Å². The zero-order chi connectivity index (χ0) is 11.8. The van der Waals surface area contributed by atoms with Crippen molar-refractivity contribution in [1.29, 1.82) is 0 Å². The molecular formula is C11H15NO2S2. The molecule has 0 aliphatic heterocycles. The summed E-state index contributed by atoms with van der Waals surface area (Å²) >= 11 is 3.16. The monoisotopic (exact) mass is 257 g/mol. The molecule has 0 saturated carbocycles. The van der Waals surface area contributed by atoms with Gasteiger partial charge in [-0.25, -0.2) is 9.78 Å². The normalized spacial score (nSPS) is 10.9. The van der Waals surface area contributed by atoms with Gasteiger partial charge in [0.05, 0.1) is 6.61 Å². The molecule has 0 spiro atoms. The van der Waals surface area contributed by atoms with Crippen molar-refractivity contribution in [3.63, 3.8) is 0 Å². The molecule has 5 heteroatoms. The second-order valence-electron chi connectivity index (χ2n) is 3.09. The Morgan fingerprint density at radius 2 is 2.50 bits per heavy atom. The Labute approximate surface area is 104 Å². The van der Waals surface area contributed by atoms with Gasteiger partial charge in [0.25, 0.3) is 0 Å². The first-order chi connectivity index (χ1) is 7.76. The number of esters is 1. The molecule has 0 aliphatic rings. The topological polar surface area (TPSA) is 39.2 Å². The predicted molar refractivity (Wildman–Crippen MR) is 68.8 cm³/mol. The molecule has 3 nitrogen and oxygen atoms in total. The zero-order valence-electron chi connectivity index (χ0n) is 9.43. The Bertz CT molecular complexity index is 361. The third-order valence-corrected chi connectivity index (χ3v) is 3.76. The number of carbonyl (C=O) groups is 1. The van der Waals surface area contributed by atoms with Gasteiger partial charge in [0.15, 0.2) is 0 Å². The third-order valence-electron chi connectivity index (χ3n) is 1.80. The van der Waals surface area contributed by atoms with Crippen LogP contribution in [0, 0.1) is 0 Å². The van der Waals surface area contributed by atoms with Gasteiger partial charge in [0.2, 0.25) is 0 Å². The van der Waals surface area contributed by atoms with E-state index < -0.39 is 0 Å². The molecule has 0 atom stereocenters. The Morgan fingerprint density at radius 3 is 3.12 bits per heavy atom. The summed E-state index contributed by atoms with van der Waals surface area (Å²) in [6.45, 7) is 2.56. The van der Waals surface area contributed by atoms with Gasteiger partial charge in [0.1, 0.15) is 4.34 Å². The average molecular weight is 257 g/mol. The first-order valence-electron chi connectivity index (χ1n) is 5.11. The third kappa shape index (κ3) is 4.81. The Balaban J connectivity index is 2.37. The number of thiazole rings is 1. The second-order valence-corrected chi connectivity index (χ2v) is 5.20. The Kier molecular flexibility index (Phi) is 6.18. The summed E-state index contributed by atoms with van der Waals surface area (Å²) in [5, 5.41) is 0. The van der Waals surface area contributed by atoms with Crippen LogP contribution in [0.4, 0.5) is 0 Å². The average Bonchev–Trinajstić information content (AvgIpc) is 2.74. The molecule has 16 heavy (non-hydrogen) atoms. The molecule has 1 heterocycles. The fourth-order valence-corrected chi connectivity index (χ4v) is 2.29. The highest BCUT2D eigenvalue weighted by Crippen LogP contribution is 2.22. The highest BCUT2D eigenvalue weighted by molar-refractivity contribution is 8.00. The van der Waals surface area contributed by atoms with Crippen molar-refractivity contribution in [1.82, 2.24) is 4.98 Å². The molecule has 1 aromatic rings. The van der Waals surface area contributed by atoms with Crippen LogP contribution in [0.3, 0.4) is 0 Å². The second kappa shape index (κ2) is 7.46. The molecule has 0 fully saturated rings. The molecule has 0 aliphatic carbocycles. The largest absolute Gasteiger partial charge is 0.463 e. The van der Waals surface area contributed by atoms with Crippen LogP contribution < -0.4 is 0 Å². The SMILES string of the molecule is CCCCOC(=O)/C=C/c1cnc(SC)s1. The molecular weight excluding hydrogens is 242 g/mol. The molecule has 0 N–H and O–H groups in total. The van der Waals surface area contributed by atoms with Crippen LogP contribution in [0.15, 0.2) is 16.6 Å². The molecule has 0 aromatic carbocycles. The maximum Gasteiger partial charge on any atom is 0.330 e.